The van der Waals surface area contributed by atoms with Crippen molar-refractivity contribution in [3.05, 3.63) is 40.1 Å². The molecule has 0 unspecified atom stereocenters. The Labute approximate surface area is 140 Å². The van der Waals surface area contributed by atoms with Gasteiger partial charge in [-0.1, -0.05) is 11.8 Å². The van der Waals surface area contributed by atoms with E-state index in [9.17, 15) is 0 Å². The lowest BCUT2D eigenvalue weighted by molar-refractivity contribution is 0.431. The quantitative estimate of drug-likeness (QED) is 0.690. The smallest absolute Gasteiger partial charge is 0.228 e. The molecule has 0 bridgehead atoms. The molecular formula is C17H18N4OS. The Hall–Kier alpha value is -2.10. The molecule has 0 radical (unpaired) electrons. The van der Waals surface area contributed by atoms with Gasteiger partial charge in [-0.2, -0.15) is 10.2 Å². The summed E-state index contributed by atoms with van der Waals surface area (Å²) >= 11 is 1.52. The summed E-state index contributed by atoms with van der Waals surface area (Å²) in [6.07, 6.45) is 2.85. The molecule has 118 valence electrons. The van der Waals surface area contributed by atoms with E-state index >= 15 is 0 Å². The number of hydrogen-bond donors (Lipinski definition) is 1. The fourth-order valence-corrected chi connectivity index (χ4v) is 3.11. The van der Waals surface area contributed by atoms with E-state index in [1.165, 1.54) is 11.8 Å². The second kappa shape index (κ2) is 6.57. The van der Waals surface area contributed by atoms with Crippen LogP contribution in [0.25, 0.3) is 0 Å². The van der Waals surface area contributed by atoms with E-state index in [1.54, 1.807) is 0 Å². The van der Waals surface area contributed by atoms with Crippen molar-refractivity contribution in [1.82, 2.24) is 15.3 Å². The maximum atomic E-state index is 9.07. The highest BCUT2D eigenvalue weighted by atomic mass is 32.2. The highest BCUT2D eigenvalue weighted by Gasteiger charge is 2.20. The molecular weight excluding hydrogens is 308 g/mol. The number of thioether (sulfide) groups is 1. The summed E-state index contributed by atoms with van der Waals surface area (Å²) in [4.78, 5) is 9.14. The highest BCUT2D eigenvalue weighted by Crippen LogP contribution is 2.33. The maximum Gasteiger partial charge on any atom is 0.228 e. The van der Waals surface area contributed by atoms with Gasteiger partial charge in [0.05, 0.1) is 22.9 Å². The summed E-state index contributed by atoms with van der Waals surface area (Å²) in [7, 11) is 0. The monoisotopic (exact) mass is 326 g/mol. The molecule has 1 aromatic heterocycles. The number of fused-ring (bicyclic) bond motifs is 1. The molecule has 0 atom stereocenters. The van der Waals surface area contributed by atoms with Crippen LogP contribution in [-0.2, 0) is 13.0 Å². The fraction of sp³-hybridized carbons (Fsp3) is 0.353. The molecule has 0 saturated heterocycles. The van der Waals surface area contributed by atoms with Gasteiger partial charge in [-0.3, -0.25) is 0 Å². The minimum absolute atomic E-state index is 0.613. The average molecular weight is 326 g/mol. The van der Waals surface area contributed by atoms with Crippen LogP contribution in [0.1, 0.15) is 27.9 Å². The third kappa shape index (κ3) is 3.16. The van der Waals surface area contributed by atoms with Gasteiger partial charge in [0.15, 0.2) is 5.16 Å². The van der Waals surface area contributed by atoms with Crippen LogP contribution in [0.2, 0.25) is 0 Å². The number of benzene rings is 1. The molecule has 1 N–H and O–H groups in total. The predicted octanol–water partition coefficient (Wildman–Crippen LogP) is 3.13. The summed E-state index contributed by atoms with van der Waals surface area (Å²) in [6.45, 7) is 5.54. The Balaban J connectivity index is 2.05. The van der Waals surface area contributed by atoms with Crippen LogP contribution in [0, 0.1) is 25.2 Å². The van der Waals surface area contributed by atoms with Gasteiger partial charge in [-0.15, -0.1) is 0 Å². The van der Waals surface area contributed by atoms with Crippen molar-refractivity contribution in [3.63, 3.8) is 0 Å². The van der Waals surface area contributed by atoms with Crippen molar-refractivity contribution in [2.24, 2.45) is 0 Å². The molecule has 5 nitrogen and oxygen atoms in total. The van der Waals surface area contributed by atoms with Crippen molar-refractivity contribution < 1.29 is 4.74 Å². The molecule has 1 aromatic carbocycles. The summed E-state index contributed by atoms with van der Waals surface area (Å²) < 4.78 is 6.17. The summed E-state index contributed by atoms with van der Waals surface area (Å²) in [5, 5.41) is 13.1. The Morgan fingerprint density at radius 1 is 1.26 bits per heavy atom. The third-order valence-electron chi connectivity index (χ3n) is 3.85. The van der Waals surface area contributed by atoms with E-state index in [-0.39, 0.29) is 0 Å². The summed E-state index contributed by atoms with van der Waals surface area (Å²) in [6, 6.07) is 5.85. The summed E-state index contributed by atoms with van der Waals surface area (Å²) in [5.41, 5.74) is 4.59. The largest absolute Gasteiger partial charge is 0.438 e. The van der Waals surface area contributed by atoms with Crippen LogP contribution in [0.4, 0.5) is 0 Å². The second-order valence-electron chi connectivity index (χ2n) is 5.52. The number of aryl methyl sites for hydroxylation is 2. The van der Waals surface area contributed by atoms with Crippen molar-refractivity contribution in [3.8, 4) is 17.7 Å². The Morgan fingerprint density at radius 3 is 2.65 bits per heavy atom. The first-order chi connectivity index (χ1) is 11.1. The number of rotatable bonds is 3. The molecule has 2 aromatic rings. The van der Waals surface area contributed by atoms with E-state index in [4.69, 9.17) is 10.00 Å². The number of nitriles is 1. The number of hydrogen-bond acceptors (Lipinski definition) is 6. The predicted molar refractivity (Wildman–Crippen MR) is 89.9 cm³/mol. The zero-order valence-corrected chi connectivity index (χ0v) is 14.3. The molecule has 1 aliphatic rings. The van der Waals surface area contributed by atoms with E-state index in [2.05, 4.69) is 21.4 Å². The molecule has 23 heavy (non-hydrogen) atoms. The molecule has 2 heterocycles. The van der Waals surface area contributed by atoms with Crippen LogP contribution in [0.5, 0.6) is 11.6 Å². The van der Waals surface area contributed by atoms with Gasteiger partial charge in [0.1, 0.15) is 5.75 Å². The van der Waals surface area contributed by atoms with Crippen LogP contribution >= 0.6 is 11.8 Å². The zero-order chi connectivity index (χ0) is 16.4. The van der Waals surface area contributed by atoms with Gasteiger partial charge < -0.3 is 10.1 Å². The van der Waals surface area contributed by atoms with Gasteiger partial charge in [-0.05, 0) is 43.4 Å². The first-order valence-corrected chi connectivity index (χ1v) is 8.68. The molecule has 0 fully saturated rings. The lowest BCUT2D eigenvalue weighted by Gasteiger charge is -2.20. The number of nitrogens with zero attached hydrogens (tertiary/aromatic N) is 3. The lowest BCUT2D eigenvalue weighted by Crippen LogP contribution is -2.25. The molecule has 0 saturated carbocycles. The molecule has 6 heteroatoms. The van der Waals surface area contributed by atoms with E-state index in [0.717, 1.165) is 46.3 Å². The number of nitrogens with one attached hydrogen (secondary N) is 1. The molecule has 0 spiro atoms. The fourth-order valence-electron chi connectivity index (χ4n) is 2.74. The van der Waals surface area contributed by atoms with Crippen molar-refractivity contribution in [1.29, 1.82) is 5.26 Å². The Morgan fingerprint density at radius 2 is 2.00 bits per heavy atom. The van der Waals surface area contributed by atoms with Gasteiger partial charge in [0, 0.05) is 19.5 Å². The standard InChI is InChI=1S/C17H18N4OS/c1-10-6-12(8-18)7-11(2)15(10)22-16-13-9-19-5-4-14(13)20-17(21-16)23-3/h6-7,19H,4-5,9H2,1-3H3. The van der Waals surface area contributed by atoms with E-state index in [1.807, 2.05) is 32.2 Å². The highest BCUT2D eigenvalue weighted by molar-refractivity contribution is 7.98. The minimum atomic E-state index is 0.613. The molecule has 0 amide bonds. The molecule has 1 aliphatic heterocycles. The third-order valence-corrected chi connectivity index (χ3v) is 4.39. The van der Waals surface area contributed by atoms with Crippen LogP contribution < -0.4 is 10.1 Å². The van der Waals surface area contributed by atoms with Crippen molar-refractivity contribution >= 4 is 11.8 Å². The molecule has 3 rings (SSSR count). The van der Waals surface area contributed by atoms with Gasteiger partial charge in [0.25, 0.3) is 0 Å². The van der Waals surface area contributed by atoms with Crippen LogP contribution in [-0.4, -0.2) is 22.8 Å². The SMILES string of the molecule is CSc1nc2c(c(Oc3c(C)cc(C#N)cc3C)n1)CNCC2. The average Bonchev–Trinajstić information content (AvgIpc) is 2.57. The van der Waals surface area contributed by atoms with Crippen molar-refractivity contribution in [2.45, 2.75) is 32.0 Å². The zero-order valence-electron chi connectivity index (χ0n) is 13.4. The maximum absolute atomic E-state index is 9.07. The second-order valence-corrected chi connectivity index (χ2v) is 6.29. The van der Waals surface area contributed by atoms with Gasteiger partial charge in [-0.25, -0.2) is 4.98 Å². The topological polar surface area (TPSA) is 70.8 Å². The first-order valence-electron chi connectivity index (χ1n) is 7.46. The van der Waals surface area contributed by atoms with Crippen LogP contribution in [0.3, 0.4) is 0 Å². The van der Waals surface area contributed by atoms with E-state index in [0.29, 0.717) is 18.0 Å². The van der Waals surface area contributed by atoms with Gasteiger partial charge in [0.2, 0.25) is 5.88 Å². The molecule has 0 aliphatic carbocycles. The van der Waals surface area contributed by atoms with Crippen LogP contribution in [0.15, 0.2) is 17.3 Å². The number of aromatic nitrogens is 2. The van der Waals surface area contributed by atoms with Crippen molar-refractivity contribution in [2.75, 3.05) is 12.8 Å². The summed E-state index contributed by atoms with van der Waals surface area (Å²) in [5.74, 6) is 1.38. The number of ether oxygens (including phenoxy) is 1. The first kappa shape index (κ1) is 15.8. The van der Waals surface area contributed by atoms with E-state index < -0.39 is 0 Å². The normalized spacial score (nSPS) is 13.3. The lowest BCUT2D eigenvalue weighted by atomic mass is 10.1. The Kier molecular flexibility index (Phi) is 4.51. The minimum Gasteiger partial charge on any atom is -0.438 e. The Bertz CT molecular complexity index is 775. The van der Waals surface area contributed by atoms with Gasteiger partial charge >= 0.3 is 0 Å².